The maximum Gasteiger partial charge on any atom is 0.218 e. The summed E-state index contributed by atoms with van der Waals surface area (Å²) < 4.78 is 10.8. The molecule has 0 aromatic heterocycles. The molecule has 0 saturated carbocycles. The lowest BCUT2D eigenvalue weighted by atomic mass is 10.2. The van der Waals surface area contributed by atoms with Crippen LogP contribution in [-0.4, -0.2) is 38.6 Å². The Morgan fingerprint density at radius 1 is 0.722 bits per heavy atom. The average Bonchev–Trinajstić information content (AvgIpc) is 2.40. The van der Waals surface area contributed by atoms with Crippen molar-refractivity contribution >= 4 is 0 Å². The van der Waals surface area contributed by atoms with Gasteiger partial charge < -0.3 is 9.47 Å². The molecule has 0 heterocycles. The van der Waals surface area contributed by atoms with Gasteiger partial charge in [0.05, 0.1) is 0 Å². The summed E-state index contributed by atoms with van der Waals surface area (Å²) in [6.07, 6.45) is 10.2. The third-order valence-electron chi connectivity index (χ3n) is 3.30. The van der Waals surface area contributed by atoms with Gasteiger partial charge >= 0.3 is 0 Å². The Kier molecular flexibility index (Phi) is 13.2. The summed E-state index contributed by atoms with van der Waals surface area (Å²) in [7, 11) is 3.44. The molecule has 110 valence electrons. The van der Waals surface area contributed by atoms with Crippen LogP contribution in [0.1, 0.15) is 65.2 Å². The van der Waals surface area contributed by atoms with Crippen molar-refractivity contribution in [2.24, 2.45) is 0 Å². The molecule has 0 aromatic rings. The van der Waals surface area contributed by atoms with E-state index in [1.54, 1.807) is 14.2 Å². The zero-order valence-electron chi connectivity index (χ0n) is 12.9. The molecule has 0 atom stereocenters. The first-order valence-corrected chi connectivity index (χ1v) is 7.59. The van der Waals surface area contributed by atoms with Crippen LogP contribution in [0.3, 0.4) is 0 Å². The molecule has 0 fully saturated rings. The quantitative estimate of drug-likeness (QED) is 0.368. The Labute approximate surface area is 114 Å². The first-order chi connectivity index (χ1) is 8.79. The van der Waals surface area contributed by atoms with Gasteiger partial charge in [0, 0.05) is 27.3 Å². The number of unbranched alkanes of at least 4 members (excludes halogenated alkanes) is 6. The lowest BCUT2D eigenvalue weighted by Gasteiger charge is -2.29. The maximum absolute atomic E-state index is 5.38. The minimum Gasteiger partial charge on any atom is -0.343 e. The second-order valence-electron chi connectivity index (χ2n) is 4.94. The molecule has 0 aliphatic rings. The van der Waals surface area contributed by atoms with Gasteiger partial charge in [-0.1, -0.05) is 52.4 Å². The first-order valence-electron chi connectivity index (χ1n) is 7.59. The highest BCUT2D eigenvalue weighted by molar-refractivity contribution is 4.58. The summed E-state index contributed by atoms with van der Waals surface area (Å²) in [4.78, 5) is 2.32. The number of methoxy groups -OCH3 is 2. The van der Waals surface area contributed by atoms with E-state index in [2.05, 4.69) is 18.7 Å². The van der Waals surface area contributed by atoms with E-state index >= 15 is 0 Å². The fourth-order valence-electron chi connectivity index (χ4n) is 2.20. The highest BCUT2D eigenvalue weighted by Crippen LogP contribution is 2.09. The van der Waals surface area contributed by atoms with Gasteiger partial charge in [-0.2, -0.15) is 0 Å². The van der Waals surface area contributed by atoms with Crippen molar-refractivity contribution in [1.82, 2.24) is 4.90 Å². The van der Waals surface area contributed by atoms with Crippen molar-refractivity contribution in [3.05, 3.63) is 0 Å². The van der Waals surface area contributed by atoms with Gasteiger partial charge in [0.25, 0.3) is 0 Å². The molecule has 0 rings (SSSR count). The van der Waals surface area contributed by atoms with E-state index in [0.717, 1.165) is 13.1 Å². The molecule has 0 N–H and O–H groups in total. The monoisotopic (exact) mass is 259 g/mol. The molecule has 0 bridgehead atoms. The summed E-state index contributed by atoms with van der Waals surface area (Å²) in [5, 5.41) is 0. The largest absolute Gasteiger partial charge is 0.343 e. The standard InChI is InChI=1S/C15H33NO2/c1-5-7-9-11-13-16(15(17-3)18-4)14-12-10-8-6-2/h15H,5-14H2,1-4H3. The zero-order chi connectivity index (χ0) is 13.6. The van der Waals surface area contributed by atoms with Crippen LogP contribution in [0.2, 0.25) is 0 Å². The van der Waals surface area contributed by atoms with E-state index in [4.69, 9.17) is 9.47 Å². The smallest absolute Gasteiger partial charge is 0.218 e. The second kappa shape index (κ2) is 13.3. The summed E-state index contributed by atoms with van der Waals surface area (Å²) in [6, 6.07) is 0. The van der Waals surface area contributed by atoms with Crippen LogP contribution in [0, 0.1) is 0 Å². The highest BCUT2D eigenvalue weighted by atomic mass is 16.7. The Balaban J connectivity index is 3.91. The lowest BCUT2D eigenvalue weighted by Crippen LogP contribution is -2.39. The molecular formula is C15H33NO2. The lowest BCUT2D eigenvalue weighted by molar-refractivity contribution is -0.196. The van der Waals surface area contributed by atoms with Gasteiger partial charge in [-0.05, 0) is 12.8 Å². The molecule has 3 heteroatoms. The van der Waals surface area contributed by atoms with Crippen LogP contribution in [0.25, 0.3) is 0 Å². The van der Waals surface area contributed by atoms with Crippen molar-refractivity contribution in [1.29, 1.82) is 0 Å². The predicted octanol–water partition coefficient (Wildman–Crippen LogP) is 4.03. The molecule has 0 radical (unpaired) electrons. The van der Waals surface area contributed by atoms with Gasteiger partial charge in [0.15, 0.2) is 0 Å². The van der Waals surface area contributed by atoms with Crippen molar-refractivity contribution in [2.75, 3.05) is 27.3 Å². The Hall–Kier alpha value is -0.120. The molecule has 0 aliphatic carbocycles. The zero-order valence-corrected chi connectivity index (χ0v) is 12.9. The van der Waals surface area contributed by atoms with E-state index in [9.17, 15) is 0 Å². The van der Waals surface area contributed by atoms with E-state index in [-0.39, 0.29) is 6.41 Å². The van der Waals surface area contributed by atoms with Crippen LogP contribution in [0.5, 0.6) is 0 Å². The van der Waals surface area contributed by atoms with Gasteiger partial charge in [0.1, 0.15) is 0 Å². The molecule has 0 saturated heterocycles. The van der Waals surface area contributed by atoms with Crippen LogP contribution in [0.4, 0.5) is 0 Å². The number of ether oxygens (including phenoxy) is 2. The van der Waals surface area contributed by atoms with E-state index in [1.165, 1.54) is 51.4 Å². The van der Waals surface area contributed by atoms with Crippen LogP contribution in [-0.2, 0) is 9.47 Å². The fraction of sp³-hybridized carbons (Fsp3) is 1.00. The third kappa shape index (κ3) is 8.90. The number of hydrogen-bond donors (Lipinski definition) is 0. The molecule has 18 heavy (non-hydrogen) atoms. The Morgan fingerprint density at radius 2 is 1.17 bits per heavy atom. The van der Waals surface area contributed by atoms with E-state index in [1.807, 2.05) is 0 Å². The van der Waals surface area contributed by atoms with Crippen LogP contribution in [0.15, 0.2) is 0 Å². The Bertz CT molecular complexity index is 149. The molecule has 3 nitrogen and oxygen atoms in total. The van der Waals surface area contributed by atoms with Crippen molar-refractivity contribution < 1.29 is 9.47 Å². The van der Waals surface area contributed by atoms with Crippen molar-refractivity contribution in [2.45, 2.75) is 71.6 Å². The highest BCUT2D eigenvalue weighted by Gasteiger charge is 2.15. The van der Waals surface area contributed by atoms with E-state index < -0.39 is 0 Å². The SMILES string of the molecule is CCCCCCN(CCCCCC)C(OC)OC. The Morgan fingerprint density at radius 3 is 1.50 bits per heavy atom. The number of nitrogens with zero attached hydrogens (tertiary/aromatic N) is 1. The normalized spacial score (nSPS) is 11.7. The topological polar surface area (TPSA) is 21.7 Å². The molecule has 0 aromatic carbocycles. The van der Waals surface area contributed by atoms with Gasteiger partial charge in [-0.15, -0.1) is 0 Å². The molecule has 0 aliphatic heterocycles. The minimum absolute atomic E-state index is 0.173. The maximum atomic E-state index is 5.38. The van der Waals surface area contributed by atoms with Crippen molar-refractivity contribution in [3.63, 3.8) is 0 Å². The van der Waals surface area contributed by atoms with Crippen LogP contribution >= 0.6 is 0 Å². The first kappa shape index (κ1) is 17.9. The average molecular weight is 259 g/mol. The molecule has 0 unspecified atom stereocenters. The molecular weight excluding hydrogens is 226 g/mol. The van der Waals surface area contributed by atoms with Crippen LogP contribution < -0.4 is 0 Å². The van der Waals surface area contributed by atoms with Crippen molar-refractivity contribution in [3.8, 4) is 0 Å². The predicted molar refractivity (Wildman–Crippen MR) is 77.7 cm³/mol. The van der Waals surface area contributed by atoms with E-state index in [0.29, 0.717) is 0 Å². The number of hydrogen-bond acceptors (Lipinski definition) is 3. The molecule has 0 amide bonds. The fourth-order valence-corrected chi connectivity index (χ4v) is 2.20. The summed E-state index contributed by atoms with van der Waals surface area (Å²) in [5.74, 6) is 0. The summed E-state index contributed by atoms with van der Waals surface area (Å²) in [5.41, 5.74) is 0. The van der Waals surface area contributed by atoms with Gasteiger partial charge in [-0.3, -0.25) is 4.90 Å². The third-order valence-corrected chi connectivity index (χ3v) is 3.30. The van der Waals surface area contributed by atoms with Gasteiger partial charge in [0.2, 0.25) is 6.41 Å². The number of rotatable bonds is 13. The molecule has 0 spiro atoms. The second-order valence-corrected chi connectivity index (χ2v) is 4.94. The minimum atomic E-state index is -0.173. The summed E-state index contributed by atoms with van der Waals surface area (Å²) >= 11 is 0. The summed E-state index contributed by atoms with van der Waals surface area (Å²) in [6.45, 7) is 6.65. The van der Waals surface area contributed by atoms with Gasteiger partial charge in [-0.25, -0.2) is 0 Å².